The van der Waals surface area contributed by atoms with Crippen LogP contribution in [0.15, 0.2) is 66.1 Å². The number of rotatable bonds is 7. The van der Waals surface area contributed by atoms with E-state index in [2.05, 4.69) is 25.6 Å². The van der Waals surface area contributed by atoms with E-state index in [1.807, 2.05) is 24.3 Å². The van der Waals surface area contributed by atoms with Crippen molar-refractivity contribution in [3.8, 4) is 11.4 Å². The smallest absolute Gasteiger partial charge is 0.278 e. The van der Waals surface area contributed by atoms with Crippen LogP contribution in [0, 0.1) is 0 Å². The highest BCUT2D eigenvalue weighted by Gasteiger charge is 2.22. The summed E-state index contributed by atoms with van der Waals surface area (Å²) in [5.74, 6) is 0.653. The molecule has 0 atom stereocenters. The van der Waals surface area contributed by atoms with Crippen LogP contribution >= 0.6 is 35.0 Å². The number of benzene rings is 2. The van der Waals surface area contributed by atoms with Gasteiger partial charge < -0.3 is 10.1 Å². The number of hydrogen-bond acceptors (Lipinski definition) is 7. The summed E-state index contributed by atoms with van der Waals surface area (Å²) in [5, 5.41) is 12.5. The van der Waals surface area contributed by atoms with Crippen molar-refractivity contribution < 1.29 is 9.53 Å². The molecule has 2 heterocycles. The predicted octanol–water partition coefficient (Wildman–Crippen LogP) is 4.92. The molecule has 0 fully saturated rings. The van der Waals surface area contributed by atoms with Crippen LogP contribution in [0.25, 0.3) is 5.69 Å². The van der Waals surface area contributed by atoms with Crippen molar-refractivity contribution in [2.24, 2.45) is 0 Å². The highest BCUT2D eigenvalue weighted by molar-refractivity contribution is 7.98. The molecule has 162 valence electrons. The number of aromatic nitrogens is 5. The molecule has 0 unspecified atom stereocenters. The maximum atomic E-state index is 13.0. The Kier molecular flexibility index (Phi) is 6.89. The van der Waals surface area contributed by atoms with E-state index in [0.717, 1.165) is 5.69 Å². The van der Waals surface area contributed by atoms with Gasteiger partial charge in [-0.1, -0.05) is 40.2 Å². The van der Waals surface area contributed by atoms with Gasteiger partial charge >= 0.3 is 0 Å². The SMILES string of the molecule is COc1ccc(-n2nnc(C(=O)Nc3ccc(Cl)c(Cl)c3)c2CSc2ncccn2)cc1. The molecule has 8 nitrogen and oxygen atoms in total. The van der Waals surface area contributed by atoms with Crippen molar-refractivity contribution in [2.45, 2.75) is 10.9 Å². The van der Waals surface area contributed by atoms with E-state index >= 15 is 0 Å². The van der Waals surface area contributed by atoms with Gasteiger partial charge in [-0.15, -0.1) is 5.10 Å². The van der Waals surface area contributed by atoms with E-state index in [1.165, 1.54) is 11.8 Å². The molecular weight excluding hydrogens is 471 g/mol. The zero-order valence-corrected chi connectivity index (χ0v) is 19.0. The molecule has 1 N–H and O–H groups in total. The monoisotopic (exact) mass is 486 g/mol. The Labute approximate surface area is 197 Å². The first-order chi connectivity index (χ1) is 15.5. The van der Waals surface area contributed by atoms with Gasteiger partial charge in [-0.05, 0) is 48.5 Å². The van der Waals surface area contributed by atoms with Crippen LogP contribution < -0.4 is 10.1 Å². The Bertz CT molecular complexity index is 1240. The molecule has 0 aliphatic heterocycles. The van der Waals surface area contributed by atoms with Crippen LogP contribution in [-0.4, -0.2) is 38.0 Å². The van der Waals surface area contributed by atoms with Crippen molar-refractivity contribution in [3.63, 3.8) is 0 Å². The van der Waals surface area contributed by atoms with Gasteiger partial charge in [0.1, 0.15) is 5.75 Å². The first kappa shape index (κ1) is 22.1. The average molecular weight is 487 g/mol. The number of nitrogens with zero attached hydrogens (tertiary/aromatic N) is 5. The van der Waals surface area contributed by atoms with Crippen LogP contribution in [0.5, 0.6) is 5.75 Å². The van der Waals surface area contributed by atoms with E-state index in [1.54, 1.807) is 48.5 Å². The Morgan fingerprint density at radius 1 is 1.09 bits per heavy atom. The third kappa shape index (κ3) is 5.01. The summed E-state index contributed by atoms with van der Waals surface area (Å²) >= 11 is 13.4. The number of amides is 1. The lowest BCUT2D eigenvalue weighted by molar-refractivity contribution is 0.102. The van der Waals surface area contributed by atoms with Crippen LogP contribution in [0.1, 0.15) is 16.2 Å². The molecule has 0 aliphatic rings. The second kappa shape index (κ2) is 9.99. The Balaban J connectivity index is 1.66. The van der Waals surface area contributed by atoms with Gasteiger partial charge in [0.15, 0.2) is 10.9 Å². The summed E-state index contributed by atoms with van der Waals surface area (Å²) in [6.07, 6.45) is 3.32. The molecule has 4 rings (SSSR count). The van der Waals surface area contributed by atoms with Gasteiger partial charge in [0, 0.05) is 23.8 Å². The van der Waals surface area contributed by atoms with E-state index in [4.69, 9.17) is 27.9 Å². The molecule has 0 aliphatic carbocycles. The van der Waals surface area contributed by atoms with Gasteiger partial charge in [-0.2, -0.15) is 0 Å². The number of carbonyl (C=O) groups is 1. The fourth-order valence-corrected chi connectivity index (χ4v) is 3.89. The number of ether oxygens (including phenoxy) is 1. The Morgan fingerprint density at radius 2 is 1.84 bits per heavy atom. The molecule has 2 aromatic carbocycles. The third-order valence-electron chi connectivity index (χ3n) is 4.35. The largest absolute Gasteiger partial charge is 0.497 e. The van der Waals surface area contributed by atoms with Gasteiger partial charge in [0.05, 0.1) is 28.5 Å². The second-order valence-electron chi connectivity index (χ2n) is 6.40. The van der Waals surface area contributed by atoms with E-state index < -0.39 is 5.91 Å². The third-order valence-corrected chi connectivity index (χ3v) is 5.98. The van der Waals surface area contributed by atoms with Crippen molar-refractivity contribution in [2.75, 3.05) is 12.4 Å². The predicted molar refractivity (Wildman–Crippen MR) is 124 cm³/mol. The number of anilines is 1. The summed E-state index contributed by atoms with van der Waals surface area (Å²) in [5.41, 5.74) is 1.99. The lowest BCUT2D eigenvalue weighted by Crippen LogP contribution is -2.15. The van der Waals surface area contributed by atoms with Crippen molar-refractivity contribution >= 4 is 46.6 Å². The fraction of sp³-hybridized carbons (Fsp3) is 0.0952. The zero-order chi connectivity index (χ0) is 22.5. The lowest BCUT2D eigenvalue weighted by Gasteiger charge is -2.09. The molecule has 11 heteroatoms. The molecule has 32 heavy (non-hydrogen) atoms. The minimum atomic E-state index is -0.423. The Morgan fingerprint density at radius 3 is 2.53 bits per heavy atom. The summed E-state index contributed by atoms with van der Waals surface area (Å²) in [6.45, 7) is 0. The molecule has 4 aromatic rings. The average Bonchev–Trinajstić information content (AvgIpc) is 3.25. The molecule has 0 bridgehead atoms. The normalized spacial score (nSPS) is 10.7. The molecule has 1 amide bonds. The van der Waals surface area contributed by atoms with E-state index in [0.29, 0.717) is 38.1 Å². The van der Waals surface area contributed by atoms with E-state index in [-0.39, 0.29) is 5.69 Å². The van der Waals surface area contributed by atoms with Crippen LogP contribution in [0.4, 0.5) is 5.69 Å². The summed E-state index contributed by atoms with van der Waals surface area (Å²) in [4.78, 5) is 21.5. The lowest BCUT2D eigenvalue weighted by atomic mass is 10.2. The first-order valence-electron chi connectivity index (χ1n) is 9.30. The summed E-state index contributed by atoms with van der Waals surface area (Å²) < 4.78 is 6.83. The maximum Gasteiger partial charge on any atom is 0.278 e. The van der Waals surface area contributed by atoms with Crippen molar-refractivity contribution in [3.05, 3.63) is 82.4 Å². The Hall–Kier alpha value is -3.14. The fourth-order valence-electron chi connectivity index (χ4n) is 2.80. The van der Waals surface area contributed by atoms with Gasteiger partial charge in [-0.3, -0.25) is 4.79 Å². The number of methoxy groups -OCH3 is 1. The van der Waals surface area contributed by atoms with Crippen molar-refractivity contribution in [1.29, 1.82) is 0 Å². The van der Waals surface area contributed by atoms with E-state index in [9.17, 15) is 4.79 Å². The minimum Gasteiger partial charge on any atom is -0.497 e. The highest BCUT2D eigenvalue weighted by atomic mass is 35.5. The number of hydrogen-bond donors (Lipinski definition) is 1. The molecule has 2 aromatic heterocycles. The van der Waals surface area contributed by atoms with Gasteiger partial charge in [0.2, 0.25) is 0 Å². The van der Waals surface area contributed by atoms with Crippen LogP contribution in [0.3, 0.4) is 0 Å². The summed E-state index contributed by atoms with van der Waals surface area (Å²) in [6, 6.07) is 13.9. The van der Waals surface area contributed by atoms with Crippen molar-refractivity contribution in [1.82, 2.24) is 25.0 Å². The van der Waals surface area contributed by atoms with Gasteiger partial charge in [-0.25, -0.2) is 14.6 Å². The summed E-state index contributed by atoms with van der Waals surface area (Å²) in [7, 11) is 1.60. The topological polar surface area (TPSA) is 94.8 Å². The standard InChI is InChI=1S/C21H16Cl2N6O2S/c1-31-15-6-4-14(5-7-15)29-18(12-32-21-24-9-2-10-25-21)19(27-28-29)20(30)26-13-3-8-16(22)17(23)11-13/h2-11H,12H2,1H3,(H,26,30). The quantitative estimate of drug-likeness (QED) is 0.292. The number of thioether (sulfide) groups is 1. The number of halogens is 2. The van der Waals surface area contributed by atoms with Gasteiger partial charge in [0.25, 0.3) is 5.91 Å². The zero-order valence-electron chi connectivity index (χ0n) is 16.7. The minimum absolute atomic E-state index is 0.176. The molecule has 0 spiro atoms. The molecule has 0 saturated heterocycles. The van der Waals surface area contributed by atoms with Crippen LogP contribution in [-0.2, 0) is 5.75 Å². The molecule has 0 saturated carbocycles. The highest BCUT2D eigenvalue weighted by Crippen LogP contribution is 2.27. The second-order valence-corrected chi connectivity index (χ2v) is 8.15. The molecular formula is C21H16Cl2N6O2S. The van der Waals surface area contributed by atoms with Crippen LogP contribution in [0.2, 0.25) is 10.0 Å². The number of carbonyl (C=O) groups excluding carboxylic acids is 1. The number of nitrogens with one attached hydrogen (secondary N) is 1. The first-order valence-corrected chi connectivity index (χ1v) is 11.0. The maximum absolute atomic E-state index is 13.0. The molecule has 0 radical (unpaired) electrons.